The standard InChI is InChI=1S/O3.Si/c1-3-2;. The van der Waals surface area contributed by atoms with Gasteiger partial charge in [-0.3, -0.25) is 0 Å². The van der Waals surface area contributed by atoms with Crippen molar-refractivity contribution < 1.29 is 5.26 Å². The van der Waals surface area contributed by atoms with E-state index in [9.17, 15) is 0 Å². The Hall–Kier alpha value is -0.383. The highest BCUT2D eigenvalue weighted by atomic mass is 28.1. The second-order valence-corrected chi connectivity index (χ2v) is 0.0680. The Morgan fingerprint density at radius 3 is 1.75 bits per heavy atom. The van der Waals surface area contributed by atoms with E-state index in [1.54, 1.807) is 4.75 Å². The zero-order valence-corrected chi connectivity index (χ0v) is 2.72. The van der Waals surface area contributed by atoms with Crippen molar-refractivity contribution >= 4 is 11.0 Å². The van der Waals surface area contributed by atoms with E-state index in [2.05, 4.69) is 0 Å². The lowest BCUT2D eigenvalue weighted by atomic mass is 14.8. The van der Waals surface area contributed by atoms with Gasteiger partial charge in [0.2, 0.25) is 0 Å². The van der Waals surface area contributed by atoms with E-state index in [1.165, 1.54) is 0 Å². The first-order valence-electron chi connectivity index (χ1n) is 0.333. The number of hydrogen-bond donors (Lipinski definition) is 0. The van der Waals surface area contributed by atoms with E-state index < -0.39 is 0 Å². The molecular formula is O3Si. The highest BCUT2D eigenvalue weighted by Crippen LogP contribution is 1.00. The summed E-state index contributed by atoms with van der Waals surface area (Å²) in [6.45, 7) is 0. The summed E-state index contributed by atoms with van der Waals surface area (Å²) in [5, 5.41) is 7.88. The molecule has 22 valence electrons. The summed E-state index contributed by atoms with van der Waals surface area (Å²) in [5.41, 5.74) is 0. The van der Waals surface area contributed by atoms with Gasteiger partial charge < -0.3 is 0 Å². The van der Waals surface area contributed by atoms with Crippen LogP contribution in [0.2, 0.25) is 0 Å². The third-order valence-electron chi connectivity index (χ3n) is 0. The molecule has 3 nitrogen and oxygen atoms in total. The molecule has 0 aliphatic heterocycles. The van der Waals surface area contributed by atoms with Gasteiger partial charge >= 0.3 is 0 Å². The van der Waals surface area contributed by atoms with Crippen LogP contribution in [0.15, 0.2) is 0 Å². The Labute approximate surface area is 27.1 Å². The minimum Gasteiger partial charge on any atom is -0.0772 e. The molecule has 4 radical (unpaired) electrons. The lowest BCUT2D eigenvalue weighted by molar-refractivity contribution is -0.284. The molecule has 0 amide bonds. The Morgan fingerprint density at radius 2 is 1.75 bits per heavy atom. The van der Waals surface area contributed by atoms with Crippen LogP contribution in [0, 0.1) is 9.71 Å². The molecular weight excluding hydrogens is 76.1 g/mol. The molecule has 0 unspecified atom stereocenters. The zero-order chi connectivity index (χ0) is 2.71. The van der Waals surface area contributed by atoms with Gasteiger partial charge in [0.25, 0.3) is 0 Å². The Morgan fingerprint density at radius 1 is 1.75 bits per heavy atom. The fourth-order valence-corrected chi connectivity index (χ4v) is 0. The normalized spacial score (nSPS) is 3.00. The Kier molecular flexibility index (Phi) is 42.6. The predicted molar refractivity (Wildman–Crippen MR) is 12.5 cm³/mol. The molecule has 0 saturated heterocycles. The van der Waals surface area contributed by atoms with Crippen LogP contribution in [0.4, 0.5) is 0 Å². The van der Waals surface area contributed by atoms with Crippen LogP contribution in [0.1, 0.15) is 0 Å². The maximum Gasteiger partial charge on any atom is 0.154 e. The first-order chi connectivity index (χ1) is 1.41. The van der Waals surface area contributed by atoms with Gasteiger partial charge in [0.15, 0.2) is 4.75 Å². The molecule has 0 aliphatic rings. The van der Waals surface area contributed by atoms with E-state index in [0.717, 1.165) is 0 Å². The Balaban J connectivity index is 0. The molecule has 4 heteroatoms. The molecule has 0 aromatic rings. The third kappa shape index (κ3) is 4.19. The minimum absolute atomic E-state index is 0. The fraction of sp³-hybridized carbons (Fsp3) is 0. The highest BCUT2D eigenvalue weighted by molar-refractivity contribution is 5.75. The second-order valence-electron chi connectivity index (χ2n) is 0.0680. The van der Waals surface area contributed by atoms with Gasteiger partial charge in [-0.1, -0.05) is 10.2 Å². The molecule has 0 aromatic carbocycles. The summed E-state index contributed by atoms with van der Waals surface area (Å²) in [5.74, 6) is 0. The molecule has 0 atom stereocenters. The maximum absolute atomic E-state index is 7.88. The second kappa shape index (κ2) is 18.0. The fourth-order valence-electron chi connectivity index (χ4n) is 0. The molecule has 0 heterocycles. The molecule has 0 aliphatic carbocycles. The highest BCUT2D eigenvalue weighted by Gasteiger charge is 1.27. The first-order valence-corrected chi connectivity index (χ1v) is 0.333. The molecule has 0 bridgehead atoms. The molecule has 0 aromatic heterocycles. The van der Waals surface area contributed by atoms with Crippen LogP contribution >= 0.6 is 0 Å². The van der Waals surface area contributed by atoms with Crippen LogP contribution in [0.5, 0.6) is 0 Å². The van der Waals surface area contributed by atoms with Crippen LogP contribution in [0.25, 0.3) is 0 Å². The average Bonchev–Trinajstić information content (AvgIpc) is 0.918. The SMILES string of the molecule is O=[O+][O-].[Si]. The van der Waals surface area contributed by atoms with E-state index in [0.29, 0.717) is 0 Å². The molecule has 0 N–H and O–H groups in total. The Bertz CT molecular complexity index is 10.8. The molecule has 0 spiro atoms. The van der Waals surface area contributed by atoms with Gasteiger partial charge in [-0.15, -0.1) is 0 Å². The van der Waals surface area contributed by atoms with Gasteiger partial charge in [-0.05, 0) is 0 Å². The largest absolute Gasteiger partial charge is 0.154 e. The van der Waals surface area contributed by atoms with Crippen molar-refractivity contribution in [2.45, 2.75) is 0 Å². The van der Waals surface area contributed by atoms with Gasteiger partial charge in [0.05, 0.1) is 0 Å². The topological polar surface area (TPSA) is 51.4 Å². The smallest absolute Gasteiger partial charge is 0.0772 e. The van der Waals surface area contributed by atoms with Crippen molar-refractivity contribution in [1.29, 1.82) is 0 Å². The molecule has 0 fully saturated rings. The van der Waals surface area contributed by atoms with Crippen molar-refractivity contribution in [1.82, 2.24) is 0 Å². The third-order valence-corrected chi connectivity index (χ3v) is 0. The quantitative estimate of drug-likeness (QED) is 0.152. The van der Waals surface area contributed by atoms with Gasteiger partial charge in [-0.2, -0.15) is 0 Å². The van der Waals surface area contributed by atoms with Gasteiger partial charge in [-0.25, -0.2) is 0 Å². The van der Waals surface area contributed by atoms with Crippen molar-refractivity contribution in [2.75, 3.05) is 0 Å². The van der Waals surface area contributed by atoms with Crippen molar-refractivity contribution in [3.05, 3.63) is 9.71 Å². The summed E-state index contributed by atoms with van der Waals surface area (Å²) in [6, 6.07) is 0. The van der Waals surface area contributed by atoms with Crippen molar-refractivity contribution in [2.24, 2.45) is 0 Å². The van der Waals surface area contributed by atoms with E-state index in [1.807, 2.05) is 0 Å². The molecule has 0 saturated carbocycles. The average molecular weight is 76.1 g/mol. The number of hydrogen-bond acceptors (Lipinski definition) is 2. The summed E-state index contributed by atoms with van der Waals surface area (Å²) < 4.78 is 1.75. The summed E-state index contributed by atoms with van der Waals surface area (Å²) in [6.07, 6.45) is 0. The first kappa shape index (κ1) is 9.47. The predicted octanol–water partition coefficient (Wildman–Crippen LogP) is -1.50. The molecule has 0 rings (SSSR count). The van der Waals surface area contributed by atoms with Crippen LogP contribution in [0.3, 0.4) is 0 Å². The van der Waals surface area contributed by atoms with Gasteiger partial charge in [0.1, 0.15) is 0 Å². The van der Waals surface area contributed by atoms with E-state index in [4.69, 9.17) is 10.2 Å². The zero-order valence-electron chi connectivity index (χ0n) is 1.72. The maximum atomic E-state index is 7.88. The number of rotatable bonds is 0. The van der Waals surface area contributed by atoms with Crippen molar-refractivity contribution in [3.63, 3.8) is 0 Å². The lowest BCUT2D eigenvalue weighted by Crippen LogP contribution is -1.82. The summed E-state index contributed by atoms with van der Waals surface area (Å²) in [7, 11) is 0. The van der Waals surface area contributed by atoms with Crippen LogP contribution < -0.4 is 5.26 Å². The van der Waals surface area contributed by atoms with Crippen LogP contribution in [-0.4, -0.2) is 11.0 Å². The summed E-state index contributed by atoms with van der Waals surface area (Å²) >= 11 is 0. The molecule has 4 heavy (non-hydrogen) atoms. The van der Waals surface area contributed by atoms with Crippen LogP contribution in [-0.2, 0) is 0 Å². The van der Waals surface area contributed by atoms with Gasteiger partial charge in [0, 0.05) is 11.0 Å². The minimum atomic E-state index is 0. The van der Waals surface area contributed by atoms with Crippen molar-refractivity contribution in [3.8, 4) is 0 Å². The van der Waals surface area contributed by atoms with E-state index in [-0.39, 0.29) is 11.0 Å². The summed E-state index contributed by atoms with van der Waals surface area (Å²) in [4.78, 5) is 7.88. The lowest BCUT2D eigenvalue weighted by Gasteiger charge is -1.19. The monoisotopic (exact) mass is 76.0 g/mol. The van der Waals surface area contributed by atoms with E-state index >= 15 is 0 Å².